The van der Waals surface area contributed by atoms with E-state index in [0.717, 1.165) is 0 Å². The lowest BCUT2D eigenvalue weighted by molar-refractivity contribution is -0.151. The third kappa shape index (κ3) is 4.39. The Morgan fingerprint density at radius 3 is 2.83 bits per heavy atom. The summed E-state index contributed by atoms with van der Waals surface area (Å²) in [7, 11) is 0. The molecular formula is C16H18N4O7S3. The summed E-state index contributed by atoms with van der Waals surface area (Å²) in [4.78, 5) is 57.8. The summed E-state index contributed by atoms with van der Waals surface area (Å²) >= 11 is 3.79. The molecule has 2 aliphatic rings. The van der Waals surface area contributed by atoms with Gasteiger partial charge in [-0.1, -0.05) is 12.1 Å². The number of carbonyl (C=O) groups excluding carboxylic acids is 2. The molecular weight excluding hydrogens is 456 g/mol. The van der Waals surface area contributed by atoms with Crippen LogP contribution in [0.5, 0.6) is 0 Å². The van der Waals surface area contributed by atoms with Gasteiger partial charge in [-0.25, -0.2) is 9.78 Å². The molecule has 2 fully saturated rings. The first-order valence-corrected chi connectivity index (χ1v) is 11.7. The first-order chi connectivity index (χ1) is 14.3. The second-order valence-corrected chi connectivity index (χ2v) is 9.80. The van der Waals surface area contributed by atoms with Gasteiger partial charge in [-0.2, -0.15) is 0 Å². The second kappa shape index (κ2) is 9.22. The molecule has 2 unspecified atom stereocenters. The first-order valence-electron chi connectivity index (χ1n) is 8.69. The number of oxime groups is 1. The summed E-state index contributed by atoms with van der Waals surface area (Å²) in [6.07, 6.45) is 0. The number of carbonyl (C=O) groups is 4. The monoisotopic (exact) mass is 474 g/mol. The lowest BCUT2D eigenvalue weighted by Crippen LogP contribution is -2.74. The fourth-order valence-electron chi connectivity index (χ4n) is 3.00. The van der Waals surface area contributed by atoms with E-state index in [1.165, 1.54) is 50.7 Å². The number of hydrogen-bond donors (Lipinski definition) is 3. The molecule has 0 aromatic carbocycles. The van der Waals surface area contributed by atoms with Crippen LogP contribution in [0.4, 0.5) is 0 Å². The zero-order chi connectivity index (χ0) is 21.9. The molecule has 0 bridgehead atoms. The zero-order valence-corrected chi connectivity index (χ0v) is 18.1. The Kier molecular flexibility index (Phi) is 6.88. The van der Waals surface area contributed by atoms with Crippen molar-refractivity contribution in [3.8, 4) is 0 Å². The topological polar surface area (TPSA) is 158 Å². The molecule has 3 rings (SSSR count). The minimum absolute atomic E-state index is 0.0679. The number of rotatable bonds is 9. The standard InChI is InChI=1S/C16H18N4O7S3/c1-2-30-16(15(25)26)5-20-13(24)11(14(20)29-6-16)18-12(23)10(8-4-28-7-17-8)19-27-3-9(21)22/h4,7,11,14H,2-3,5-6H2,1H3,(H,18,23)(H,21,22)(H,25,26)/t11?,14-,16?/m1/s1. The lowest BCUT2D eigenvalue weighted by atomic mass is 10.0. The van der Waals surface area contributed by atoms with E-state index in [-0.39, 0.29) is 29.2 Å². The summed E-state index contributed by atoms with van der Waals surface area (Å²) < 4.78 is -1.07. The Hall–Kier alpha value is -2.32. The summed E-state index contributed by atoms with van der Waals surface area (Å²) in [5, 5.41) is 25.6. The molecule has 0 spiro atoms. The van der Waals surface area contributed by atoms with Crippen LogP contribution < -0.4 is 5.32 Å². The number of aromatic nitrogens is 1. The van der Waals surface area contributed by atoms with Gasteiger partial charge in [-0.15, -0.1) is 34.9 Å². The van der Waals surface area contributed by atoms with Gasteiger partial charge < -0.3 is 25.3 Å². The van der Waals surface area contributed by atoms with E-state index in [1.54, 1.807) is 0 Å². The van der Waals surface area contributed by atoms with Gasteiger partial charge in [0.25, 0.3) is 5.91 Å². The Bertz CT molecular complexity index is 878. The predicted molar refractivity (Wildman–Crippen MR) is 111 cm³/mol. The van der Waals surface area contributed by atoms with Crippen molar-refractivity contribution in [2.24, 2.45) is 5.16 Å². The SMILES string of the molecule is CCSC1(C(=O)O)CS[C@@H]2C(NC(=O)C(=NOCC(=O)O)c3cscn3)C(=O)N2C1. The van der Waals surface area contributed by atoms with Crippen molar-refractivity contribution in [2.45, 2.75) is 23.1 Å². The van der Waals surface area contributed by atoms with Crippen LogP contribution in [0, 0.1) is 0 Å². The van der Waals surface area contributed by atoms with Crippen molar-refractivity contribution in [3.05, 3.63) is 16.6 Å². The minimum atomic E-state index is -1.26. The normalized spacial score (nSPS) is 25.8. The molecule has 1 aromatic rings. The fraction of sp³-hybridized carbons (Fsp3) is 0.500. The van der Waals surface area contributed by atoms with Crippen molar-refractivity contribution < 1.29 is 34.2 Å². The van der Waals surface area contributed by atoms with Crippen LogP contribution >= 0.6 is 34.9 Å². The van der Waals surface area contributed by atoms with Crippen LogP contribution in [0.25, 0.3) is 0 Å². The maximum absolute atomic E-state index is 12.7. The van der Waals surface area contributed by atoms with Crippen LogP contribution in [-0.4, -0.2) is 90.4 Å². The Morgan fingerprint density at radius 2 is 2.23 bits per heavy atom. The van der Waals surface area contributed by atoms with E-state index in [4.69, 9.17) is 5.11 Å². The molecule has 1 aromatic heterocycles. The first kappa shape index (κ1) is 22.4. The molecule has 0 aliphatic carbocycles. The second-order valence-electron chi connectivity index (χ2n) is 6.33. The summed E-state index contributed by atoms with van der Waals surface area (Å²) in [5.74, 6) is -2.43. The van der Waals surface area contributed by atoms with Gasteiger partial charge >= 0.3 is 11.9 Å². The van der Waals surface area contributed by atoms with Crippen molar-refractivity contribution >= 4 is 64.3 Å². The van der Waals surface area contributed by atoms with Gasteiger partial charge in [0.15, 0.2) is 5.71 Å². The molecule has 14 heteroatoms. The molecule has 3 heterocycles. The van der Waals surface area contributed by atoms with Gasteiger partial charge in [-0.3, -0.25) is 14.4 Å². The number of thiazole rings is 1. The molecule has 162 valence electrons. The summed E-state index contributed by atoms with van der Waals surface area (Å²) in [5.41, 5.74) is 1.41. The van der Waals surface area contributed by atoms with Gasteiger partial charge in [0, 0.05) is 17.7 Å². The van der Waals surface area contributed by atoms with E-state index < -0.39 is 35.2 Å². The van der Waals surface area contributed by atoms with Gasteiger partial charge in [0.2, 0.25) is 12.5 Å². The highest BCUT2D eigenvalue weighted by atomic mass is 32.2. The Morgan fingerprint density at radius 1 is 1.47 bits per heavy atom. The van der Waals surface area contributed by atoms with E-state index in [2.05, 4.69) is 20.3 Å². The van der Waals surface area contributed by atoms with E-state index in [0.29, 0.717) is 11.5 Å². The fourth-order valence-corrected chi connectivity index (χ4v) is 6.37. The van der Waals surface area contributed by atoms with Crippen LogP contribution in [0.3, 0.4) is 0 Å². The Balaban J connectivity index is 1.69. The molecule has 3 atom stereocenters. The highest BCUT2D eigenvalue weighted by Gasteiger charge is 2.57. The number of β-lactam (4-membered cyclic amide) rings is 1. The maximum Gasteiger partial charge on any atom is 0.344 e. The van der Waals surface area contributed by atoms with Crippen molar-refractivity contribution in [3.63, 3.8) is 0 Å². The van der Waals surface area contributed by atoms with Crippen LogP contribution in [0.15, 0.2) is 16.0 Å². The smallest absolute Gasteiger partial charge is 0.344 e. The third-order valence-electron chi connectivity index (χ3n) is 4.39. The van der Waals surface area contributed by atoms with Crippen LogP contribution in [-0.2, 0) is 24.0 Å². The quantitative estimate of drug-likeness (QED) is 0.251. The van der Waals surface area contributed by atoms with Crippen molar-refractivity contribution in [1.29, 1.82) is 0 Å². The molecule has 30 heavy (non-hydrogen) atoms. The average molecular weight is 475 g/mol. The molecule has 11 nitrogen and oxygen atoms in total. The number of thioether (sulfide) groups is 2. The zero-order valence-electron chi connectivity index (χ0n) is 15.6. The maximum atomic E-state index is 12.7. The summed E-state index contributed by atoms with van der Waals surface area (Å²) in [6.45, 7) is 1.19. The highest BCUT2D eigenvalue weighted by molar-refractivity contribution is 8.05. The average Bonchev–Trinajstić information content (AvgIpc) is 3.23. The molecule has 0 radical (unpaired) electrons. The number of carboxylic acids is 2. The number of nitrogens with zero attached hydrogens (tertiary/aromatic N) is 3. The summed E-state index contributed by atoms with van der Waals surface area (Å²) in [6, 6.07) is -0.843. The lowest BCUT2D eigenvalue weighted by Gasteiger charge is -2.53. The molecule has 2 amide bonds. The van der Waals surface area contributed by atoms with Crippen LogP contribution in [0.2, 0.25) is 0 Å². The third-order valence-corrected chi connectivity index (χ3v) is 7.97. The highest BCUT2D eigenvalue weighted by Crippen LogP contribution is 2.43. The minimum Gasteiger partial charge on any atom is -0.480 e. The molecule has 3 N–H and O–H groups in total. The number of carboxylic acid groups (broad SMARTS) is 2. The van der Waals surface area contributed by atoms with Crippen molar-refractivity contribution in [1.82, 2.24) is 15.2 Å². The Labute approximate surface area is 183 Å². The largest absolute Gasteiger partial charge is 0.480 e. The molecule has 2 saturated heterocycles. The number of nitrogens with one attached hydrogen (secondary N) is 1. The molecule has 0 saturated carbocycles. The van der Waals surface area contributed by atoms with Crippen molar-refractivity contribution in [2.75, 3.05) is 24.7 Å². The molecule has 2 aliphatic heterocycles. The number of hydrogen-bond acceptors (Lipinski definition) is 10. The number of aliphatic carboxylic acids is 2. The van der Waals surface area contributed by atoms with E-state index in [9.17, 15) is 24.3 Å². The number of fused-ring (bicyclic) bond motifs is 1. The van der Waals surface area contributed by atoms with Gasteiger partial charge in [-0.05, 0) is 5.75 Å². The van der Waals surface area contributed by atoms with Gasteiger partial charge in [0.1, 0.15) is 21.9 Å². The van der Waals surface area contributed by atoms with E-state index in [1.807, 2.05) is 6.92 Å². The van der Waals surface area contributed by atoms with Crippen LogP contribution in [0.1, 0.15) is 12.6 Å². The van der Waals surface area contributed by atoms with Gasteiger partial charge in [0.05, 0.1) is 5.51 Å². The predicted octanol–water partition coefficient (Wildman–Crippen LogP) is -0.0752. The van der Waals surface area contributed by atoms with E-state index >= 15 is 0 Å². The number of amides is 2.